The molecule has 1 aliphatic heterocycles. The van der Waals surface area contributed by atoms with Gasteiger partial charge in [0.05, 0.1) is 12.1 Å². The van der Waals surface area contributed by atoms with Gasteiger partial charge in [-0.05, 0) is 43.2 Å². The summed E-state index contributed by atoms with van der Waals surface area (Å²) in [6.45, 7) is 7.70. The number of hydrogen-bond donors (Lipinski definition) is 1. The Morgan fingerprint density at radius 2 is 1.75 bits per heavy atom. The number of aromatic nitrogens is 2. The normalized spacial score (nSPS) is 15.1. The second kappa shape index (κ2) is 7.56. The lowest BCUT2D eigenvalue weighted by Crippen LogP contribution is -2.48. The van der Waals surface area contributed by atoms with E-state index in [1.165, 1.54) is 0 Å². The summed E-state index contributed by atoms with van der Waals surface area (Å²) in [5.41, 5.74) is 9.98. The number of amides is 1. The second-order valence-electron chi connectivity index (χ2n) is 7.36. The molecular formula is C22H25N5O. The van der Waals surface area contributed by atoms with E-state index in [4.69, 9.17) is 5.73 Å². The molecule has 1 amide bonds. The zero-order valence-electron chi connectivity index (χ0n) is 16.4. The number of nitrogens with two attached hydrogens (primary N) is 1. The Morgan fingerprint density at radius 3 is 2.54 bits per heavy atom. The van der Waals surface area contributed by atoms with Gasteiger partial charge in [-0.15, -0.1) is 0 Å². The van der Waals surface area contributed by atoms with Crippen LogP contribution in [0, 0.1) is 13.8 Å². The molecule has 28 heavy (non-hydrogen) atoms. The van der Waals surface area contributed by atoms with Gasteiger partial charge in [0, 0.05) is 37.1 Å². The summed E-state index contributed by atoms with van der Waals surface area (Å²) in [5.74, 6) is 1.36. The van der Waals surface area contributed by atoms with Gasteiger partial charge in [0.1, 0.15) is 11.6 Å². The minimum Gasteiger partial charge on any atom is -0.383 e. The number of carbonyl (C=O) groups excluding carboxylic acids is 1. The van der Waals surface area contributed by atoms with Crippen molar-refractivity contribution in [3.63, 3.8) is 0 Å². The number of para-hydroxylation sites is 1. The fourth-order valence-corrected chi connectivity index (χ4v) is 3.68. The molecule has 0 saturated carbocycles. The highest BCUT2D eigenvalue weighted by Gasteiger charge is 2.24. The molecule has 3 aromatic rings. The monoisotopic (exact) mass is 375 g/mol. The molecule has 6 heteroatoms. The number of nitrogens with zero attached hydrogens (tertiary/aromatic N) is 4. The molecule has 0 spiro atoms. The van der Waals surface area contributed by atoms with Gasteiger partial charge in [0.15, 0.2) is 0 Å². The van der Waals surface area contributed by atoms with E-state index in [1.807, 2.05) is 61.2 Å². The molecule has 144 valence electrons. The molecule has 1 saturated heterocycles. The molecule has 0 radical (unpaired) electrons. The zero-order chi connectivity index (χ0) is 19.7. The van der Waals surface area contributed by atoms with Crippen LogP contribution in [0.15, 0.2) is 42.5 Å². The lowest BCUT2D eigenvalue weighted by Gasteiger charge is -2.34. The maximum absolute atomic E-state index is 12.9. The van der Waals surface area contributed by atoms with Gasteiger partial charge in [0.25, 0.3) is 5.91 Å². The fourth-order valence-electron chi connectivity index (χ4n) is 3.68. The van der Waals surface area contributed by atoms with Gasteiger partial charge < -0.3 is 10.6 Å². The van der Waals surface area contributed by atoms with Gasteiger partial charge >= 0.3 is 0 Å². The van der Waals surface area contributed by atoms with Crippen molar-refractivity contribution in [2.75, 3.05) is 31.9 Å². The molecule has 2 N–H and O–H groups in total. The fraction of sp³-hybridized carbons (Fsp3) is 0.318. The van der Waals surface area contributed by atoms with E-state index in [1.54, 1.807) is 0 Å². The van der Waals surface area contributed by atoms with Crippen LogP contribution in [-0.2, 0) is 6.54 Å². The van der Waals surface area contributed by atoms with Gasteiger partial charge in [-0.3, -0.25) is 9.69 Å². The number of rotatable bonds is 3. The first-order valence-electron chi connectivity index (χ1n) is 9.62. The maximum atomic E-state index is 12.9. The average molecular weight is 375 g/mol. The van der Waals surface area contributed by atoms with Crippen molar-refractivity contribution in [3.05, 3.63) is 65.0 Å². The molecule has 0 atom stereocenters. The number of aryl methyl sites for hydroxylation is 1. The van der Waals surface area contributed by atoms with Crippen LogP contribution >= 0.6 is 0 Å². The molecule has 0 bridgehead atoms. The number of carbonyl (C=O) groups is 1. The Hall–Kier alpha value is -2.99. The summed E-state index contributed by atoms with van der Waals surface area (Å²) >= 11 is 0. The Bertz CT molecular complexity index is 1020. The third-order valence-electron chi connectivity index (χ3n) is 5.54. The van der Waals surface area contributed by atoms with Crippen molar-refractivity contribution in [2.45, 2.75) is 20.4 Å². The van der Waals surface area contributed by atoms with E-state index in [0.717, 1.165) is 46.5 Å². The molecule has 0 unspecified atom stereocenters. The van der Waals surface area contributed by atoms with Gasteiger partial charge in [-0.1, -0.05) is 24.3 Å². The lowest BCUT2D eigenvalue weighted by molar-refractivity contribution is 0.0625. The maximum Gasteiger partial charge on any atom is 0.254 e. The molecule has 6 nitrogen and oxygen atoms in total. The summed E-state index contributed by atoms with van der Waals surface area (Å²) in [4.78, 5) is 26.2. The van der Waals surface area contributed by atoms with Gasteiger partial charge in [-0.2, -0.15) is 0 Å². The van der Waals surface area contributed by atoms with Crippen LogP contribution in [0.2, 0.25) is 0 Å². The predicted molar refractivity (Wildman–Crippen MR) is 111 cm³/mol. The summed E-state index contributed by atoms with van der Waals surface area (Å²) in [6, 6.07) is 13.7. The van der Waals surface area contributed by atoms with E-state index in [-0.39, 0.29) is 5.91 Å². The minimum atomic E-state index is 0.118. The molecule has 0 aliphatic carbocycles. The quantitative estimate of drug-likeness (QED) is 0.762. The predicted octanol–water partition coefficient (Wildman–Crippen LogP) is 2.79. The number of hydrogen-bond acceptors (Lipinski definition) is 5. The highest BCUT2D eigenvalue weighted by molar-refractivity contribution is 5.96. The Morgan fingerprint density at radius 1 is 1.00 bits per heavy atom. The van der Waals surface area contributed by atoms with Crippen LogP contribution in [-0.4, -0.2) is 51.9 Å². The van der Waals surface area contributed by atoms with Crippen molar-refractivity contribution in [2.24, 2.45) is 0 Å². The van der Waals surface area contributed by atoms with Gasteiger partial charge in [0.2, 0.25) is 0 Å². The molecule has 1 aromatic heterocycles. The van der Waals surface area contributed by atoms with E-state index in [9.17, 15) is 4.79 Å². The van der Waals surface area contributed by atoms with Crippen LogP contribution in [0.4, 0.5) is 5.82 Å². The number of fused-ring (bicyclic) bond motifs is 1. The van der Waals surface area contributed by atoms with Crippen LogP contribution in [0.1, 0.15) is 27.3 Å². The molecule has 4 rings (SSSR count). The number of piperazine rings is 1. The highest BCUT2D eigenvalue weighted by Crippen LogP contribution is 2.19. The summed E-state index contributed by atoms with van der Waals surface area (Å²) in [6.07, 6.45) is 0. The van der Waals surface area contributed by atoms with Gasteiger partial charge in [-0.25, -0.2) is 9.97 Å². The summed E-state index contributed by atoms with van der Waals surface area (Å²) < 4.78 is 0. The summed E-state index contributed by atoms with van der Waals surface area (Å²) in [7, 11) is 0. The largest absolute Gasteiger partial charge is 0.383 e. The van der Waals surface area contributed by atoms with Crippen LogP contribution < -0.4 is 5.73 Å². The standard InChI is InChI=1S/C22H25N5O/c1-15-6-5-8-17(16(15)2)22(28)27-12-10-26(11-13-27)14-20-24-19-9-4-3-7-18(19)21(23)25-20/h3-9H,10-14H2,1-2H3,(H2,23,24,25). The van der Waals surface area contributed by atoms with E-state index in [2.05, 4.69) is 14.9 Å². The summed E-state index contributed by atoms with van der Waals surface area (Å²) in [5, 5.41) is 0.884. The van der Waals surface area contributed by atoms with Crippen LogP contribution in [0.25, 0.3) is 10.9 Å². The first kappa shape index (κ1) is 18.4. The second-order valence-corrected chi connectivity index (χ2v) is 7.36. The van der Waals surface area contributed by atoms with Crippen LogP contribution in [0.3, 0.4) is 0 Å². The van der Waals surface area contributed by atoms with E-state index >= 15 is 0 Å². The Balaban J connectivity index is 1.42. The first-order valence-corrected chi connectivity index (χ1v) is 9.62. The van der Waals surface area contributed by atoms with E-state index < -0.39 is 0 Å². The van der Waals surface area contributed by atoms with Crippen molar-refractivity contribution < 1.29 is 4.79 Å². The molecular weight excluding hydrogens is 350 g/mol. The number of benzene rings is 2. The Labute approximate surface area is 165 Å². The number of nitrogen functional groups attached to an aromatic ring is 1. The lowest BCUT2D eigenvalue weighted by atomic mass is 10.0. The minimum absolute atomic E-state index is 0.118. The first-order chi connectivity index (χ1) is 13.5. The molecule has 1 aliphatic rings. The average Bonchev–Trinajstić information content (AvgIpc) is 2.70. The third-order valence-corrected chi connectivity index (χ3v) is 5.54. The van der Waals surface area contributed by atoms with Crippen molar-refractivity contribution in [1.29, 1.82) is 0 Å². The smallest absolute Gasteiger partial charge is 0.254 e. The third kappa shape index (κ3) is 3.55. The van der Waals surface area contributed by atoms with Crippen LogP contribution in [0.5, 0.6) is 0 Å². The SMILES string of the molecule is Cc1cccc(C(=O)N2CCN(Cc3nc(N)c4ccccc4n3)CC2)c1C. The van der Waals surface area contributed by atoms with Crippen molar-refractivity contribution in [3.8, 4) is 0 Å². The van der Waals surface area contributed by atoms with E-state index in [0.29, 0.717) is 25.5 Å². The topological polar surface area (TPSA) is 75.4 Å². The Kier molecular flexibility index (Phi) is 4.96. The molecule has 2 heterocycles. The zero-order valence-corrected chi connectivity index (χ0v) is 16.4. The number of anilines is 1. The van der Waals surface area contributed by atoms with Crippen molar-refractivity contribution in [1.82, 2.24) is 19.8 Å². The molecule has 2 aromatic carbocycles. The van der Waals surface area contributed by atoms with Crippen molar-refractivity contribution >= 4 is 22.6 Å². The highest BCUT2D eigenvalue weighted by atomic mass is 16.2. The molecule has 1 fully saturated rings.